The predicted octanol–water partition coefficient (Wildman–Crippen LogP) is 2.52. The van der Waals surface area contributed by atoms with Crippen LogP contribution in [0.5, 0.6) is 0 Å². The minimum atomic E-state index is 0.427. The van der Waals surface area contributed by atoms with Crippen molar-refractivity contribution in [2.45, 2.75) is 45.4 Å². The molecule has 1 saturated heterocycles. The molecule has 0 aromatic rings. The molecule has 1 heterocycles. The van der Waals surface area contributed by atoms with Gasteiger partial charge in [0.1, 0.15) is 0 Å². The van der Waals surface area contributed by atoms with Gasteiger partial charge in [-0.15, -0.1) is 0 Å². The van der Waals surface area contributed by atoms with Crippen LogP contribution < -0.4 is 5.32 Å². The first-order chi connectivity index (χ1) is 5.47. The zero-order valence-corrected chi connectivity index (χ0v) is 9.50. The van der Waals surface area contributed by atoms with Crippen molar-refractivity contribution in [2.75, 3.05) is 12.3 Å². The summed E-state index contributed by atoms with van der Waals surface area (Å²) in [4.78, 5) is 0. The van der Waals surface area contributed by atoms with Gasteiger partial charge in [0.2, 0.25) is 0 Å². The van der Waals surface area contributed by atoms with Crippen LogP contribution in [0.1, 0.15) is 34.1 Å². The molecule has 12 heavy (non-hydrogen) atoms. The summed E-state index contributed by atoms with van der Waals surface area (Å²) in [5.41, 5.74) is 0.427. The highest BCUT2D eigenvalue weighted by Gasteiger charge is 2.22. The Morgan fingerprint density at radius 1 is 1.42 bits per heavy atom. The Morgan fingerprint density at radius 2 is 2.08 bits per heavy atom. The lowest BCUT2D eigenvalue weighted by Crippen LogP contribution is -2.35. The molecule has 0 aliphatic carbocycles. The van der Waals surface area contributed by atoms with Crippen molar-refractivity contribution in [3.05, 3.63) is 0 Å². The largest absolute Gasteiger partial charge is 0.313 e. The van der Waals surface area contributed by atoms with Crippen molar-refractivity contribution in [3.63, 3.8) is 0 Å². The smallest absolute Gasteiger partial charge is 0.0168 e. The highest BCUT2D eigenvalue weighted by atomic mass is 32.2. The Kier molecular flexibility index (Phi) is 3.47. The van der Waals surface area contributed by atoms with Crippen LogP contribution in [-0.2, 0) is 0 Å². The normalized spacial score (nSPS) is 31.0. The number of hydrogen-bond acceptors (Lipinski definition) is 2. The molecule has 1 fully saturated rings. The molecule has 2 atom stereocenters. The number of rotatable bonds is 2. The van der Waals surface area contributed by atoms with Crippen LogP contribution in [0.4, 0.5) is 0 Å². The quantitative estimate of drug-likeness (QED) is 0.713. The molecule has 72 valence electrons. The second-order valence-electron chi connectivity index (χ2n) is 5.02. The van der Waals surface area contributed by atoms with Gasteiger partial charge in [0.15, 0.2) is 0 Å². The van der Waals surface area contributed by atoms with Gasteiger partial charge >= 0.3 is 0 Å². The molecule has 1 nitrogen and oxygen atoms in total. The van der Waals surface area contributed by atoms with Gasteiger partial charge < -0.3 is 5.32 Å². The van der Waals surface area contributed by atoms with E-state index in [-0.39, 0.29) is 0 Å². The fraction of sp³-hybridized carbons (Fsp3) is 1.00. The Balaban J connectivity index is 2.16. The Morgan fingerprint density at radius 3 is 2.50 bits per heavy atom. The molecule has 0 amide bonds. The maximum Gasteiger partial charge on any atom is 0.0168 e. The molecule has 0 bridgehead atoms. The molecule has 2 unspecified atom stereocenters. The third kappa shape index (κ3) is 3.81. The Labute approximate surface area is 80.7 Å². The highest BCUT2D eigenvalue weighted by molar-refractivity contribution is 8.00. The van der Waals surface area contributed by atoms with Gasteiger partial charge in [-0.3, -0.25) is 0 Å². The van der Waals surface area contributed by atoms with Crippen LogP contribution in [-0.4, -0.2) is 23.6 Å². The summed E-state index contributed by atoms with van der Waals surface area (Å²) < 4.78 is 0. The van der Waals surface area contributed by atoms with Gasteiger partial charge in [-0.25, -0.2) is 0 Å². The van der Waals surface area contributed by atoms with E-state index in [0.717, 1.165) is 17.8 Å². The van der Waals surface area contributed by atoms with Gasteiger partial charge in [0, 0.05) is 23.6 Å². The van der Waals surface area contributed by atoms with Crippen molar-refractivity contribution in [2.24, 2.45) is 5.41 Å². The van der Waals surface area contributed by atoms with E-state index in [1.54, 1.807) is 0 Å². The SMILES string of the molecule is CC1CC(NCC(C)(C)C)CS1. The van der Waals surface area contributed by atoms with Crippen LogP contribution in [0, 0.1) is 5.41 Å². The lowest BCUT2D eigenvalue weighted by molar-refractivity contribution is 0.356. The Bertz CT molecular complexity index is 139. The second kappa shape index (κ2) is 4.01. The van der Waals surface area contributed by atoms with E-state index in [2.05, 4.69) is 44.8 Å². The molecular weight excluding hydrogens is 166 g/mol. The molecule has 0 aromatic carbocycles. The molecular formula is C10H21NS. The summed E-state index contributed by atoms with van der Waals surface area (Å²) in [6.07, 6.45) is 1.35. The topological polar surface area (TPSA) is 12.0 Å². The number of hydrogen-bond donors (Lipinski definition) is 1. The summed E-state index contributed by atoms with van der Waals surface area (Å²) in [6, 6.07) is 0.768. The molecule has 1 aliphatic rings. The summed E-state index contributed by atoms with van der Waals surface area (Å²) in [7, 11) is 0. The van der Waals surface area contributed by atoms with Crippen molar-refractivity contribution >= 4 is 11.8 Å². The fourth-order valence-electron chi connectivity index (χ4n) is 1.41. The molecule has 0 saturated carbocycles. The first-order valence-electron chi connectivity index (χ1n) is 4.82. The third-order valence-corrected chi connectivity index (χ3v) is 3.48. The minimum absolute atomic E-state index is 0.427. The zero-order chi connectivity index (χ0) is 9.19. The van der Waals surface area contributed by atoms with Gasteiger partial charge in [0.25, 0.3) is 0 Å². The van der Waals surface area contributed by atoms with Crippen molar-refractivity contribution in [1.29, 1.82) is 0 Å². The standard InChI is InChI=1S/C10H21NS/c1-8-5-9(6-12-8)11-7-10(2,3)4/h8-9,11H,5-7H2,1-4H3. The summed E-state index contributed by atoms with van der Waals surface area (Å²) in [5, 5.41) is 4.49. The van der Waals surface area contributed by atoms with Crippen LogP contribution >= 0.6 is 11.8 Å². The van der Waals surface area contributed by atoms with E-state index >= 15 is 0 Å². The molecule has 1 aliphatic heterocycles. The zero-order valence-electron chi connectivity index (χ0n) is 8.68. The minimum Gasteiger partial charge on any atom is -0.313 e. The average molecular weight is 187 g/mol. The predicted molar refractivity (Wildman–Crippen MR) is 57.8 cm³/mol. The van der Waals surface area contributed by atoms with Gasteiger partial charge in [-0.05, 0) is 11.8 Å². The van der Waals surface area contributed by atoms with E-state index in [0.29, 0.717) is 5.41 Å². The van der Waals surface area contributed by atoms with Crippen molar-refractivity contribution in [1.82, 2.24) is 5.32 Å². The fourth-order valence-corrected chi connectivity index (χ4v) is 2.59. The average Bonchev–Trinajstić information content (AvgIpc) is 2.30. The number of thioether (sulfide) groups is 1. The monoisotopic (exact) mass is 187 g/mol. The van der Waals surface area contributed by atoms with Crippen molar-refractivity contribution < 1.29 is 0 Å². The lowest BCUT2D eigenvalue weighted by atomic mass is 9.96. The van der Waals surface area contributed by atoms with E-state index in [4.69, 9.17) is 0 Å². The third-order valence-electron chi connectivity index (χ3n) is 2.12. The first kappa shape index (κ1) is 10.4. The molecule has 1 N–H and O–H groups in total. The van der Waals surface area contributed by atoms with Crippen LogP contribution in [0.15, 0.2) is 0 Å². The maximum atomic E-state index is 3.63. The molecule has 1 rings (SSSR count). The number of nitrogens with one attached hydrogen (secondary N) is 1. The lowest BCUT2D eigenvalue weighted by Gasteiger charge is -2.21. The van der Waals surface area contributed by atoms with Crippen molar-refractivity contribution in [3.8, 4) is 0 Å². The molecule has 2 heteroatoms. The maximum absolute atomic E-state index is 3.63. The van der Waals surface area contributed by atoms with Crippen LogP contribution in [0.25, 0.3) is 0 Å². The first-order valence-corrected chi connectivity index (χ1v) is 5.87. The van der Waals surface area contributed by atoms with E-state index < -0.39 is 0 Å². The van der Waals surface area contributed by atoms with Gasteiger partial charge in [-0.2, -0.15) is 11.8 Å². The summed E-state index contributed by atoms with van der Waals surface area (Å²) in [6.45, 7) is 10.3. The highest BCUT2D eigenvalue weighted by Crippen LogP contribution is 2.26. The molecule has 0 spiro atoms. The molecule has 0 radical (unpaired) electrons. The second-order valence-corrected chi connectivity index (χ2v) is 6.49. The van der Waals surface area contributed by atoms with Gasteiger partial charge in [-0.1, -0.05) is 27.7 Å². The van der Waals surface area contributed by atoms with E-state index in [1.807, 2.05) is 0 Å². The summed E-state index contributed by atoms with van der Waals surface area (Å²) in [5.74, 6) is 1.30. The molecule has 0 aromatic heterocycles. The van der Waals surface area contributed by atoms with Crippen LogP contribution in [0.3, 0.4) is 0 Å². The van der Waals surface area contributed by atoms with E-state index in [1.165, 1.54) is 12.2 Å². The van der Waals surface area contributed by atoms with Gasteiger partial charge in [0.05, 0.1) is 0 Å². The summed E-state index contributed by atoms with van der Waals surface area (Å²) >= 11 is 2.09. The van der Waals surface area contributed by atoms with Crippen LogP contribution in [0.2, 0.25) is 0 Å². The van der Waals surface area contributed by atoms with E-state index in [9.17, 15) is 0 Å². The Hall–Kier alpha value is 0.310.